The summed E-state index contributed by atoms with van der Waals surface area (Å²) in [6.07, 6.45) is -1.06. The fourth-order valence-electron chi connectivity index (χ4n) is 2.16. The Balaban J connectivity index is 1.94. The Bertz CT molecular complexity index is 863. The Morgan fingerprint density at radius 1 is 1.04 bits per heavy atom. The summed E-state index contributed by atoms with van der Waals surface area (Å²) in [5.74, 6) is -1.35. The Labute approximate surface area is 167 Å². The quantitative estimate of drug-likeness (QED) is 0.689. The van der Waals surface area contributed by atoms with Gasteiger partial charge < -0.3 is 20.5 Å². The van der Waals surface area contributed by atoms with E-state index in [9.17, 15) is 14.4 Å². The highest BCUT2D eigenvalue weighted by molar-refractivity contribution is 6.30. The van der Waals surface area contributed by atoms with Crippen molar-refractivity contribution in [2.75, 3.05) is 5.32 Å². The molecule has 28 heavy (non-hydrogen) atoms. The summed E-state index contributed by atoms with van der Waals surface area (Å²) in [7, 11) is 0. The third-order valence-electron chi connectivity index (χ3n) is 3.77. The topological polar surface area (TPSA) is 108 Å². The van der Waals surface area contributed by atoms with Crippen LogP contribution in [0.3, 0.4) is 0 Å². The second-order valence-corrected chi connectivity index (χ2v) is 6.98. The molecule has 0 aromatic heterocycles. The molecule has 0 saturated carbocycles. The summed E-state index contributed by atoms with van der Waals surface area (Å²) >= 11 is 5.83. The van der Waals surface area contributed by atoms with Crippen molar-refractivity contribution in [2.24, 2.45) is 5.73 Å². The van der Waals surface area contributed by atoms with Crippen molar-refractivity contribution in [3.63, 3.8) is 0 Å². The number of ether oxygens (including phenoxy) is 2. The van der Waals surface area contributed by atoms with Crippen LogP contribution in [0.4, 0.5) is 5.69 Å². The number of anilines is 1. The first kappa shape index (κ1) is 21.2. The zero-order valence-electron chi connectivity index (χ0n) is 15.7. The van der Waals surface area contributed by atoms with E-state index in [2.05, 4.69) is 5.32 Å². The van der Waals surface area contributed by atoms with Gasteiger partial charge in [-0.25, -0.2) is 4.79 Å². The van der Waals surface area contributed by atoms with Gasteiger partial charge in [0.25, 0.3) is 5.91 Å². The predicted octanol–water partition coefficient (Wildman–Crippen LogP) is 3.17. The number of carbonyl (C=O) groups excluding carboxylic acids is 3. The highest BCUT2D eigenvalue weighted by atomic mass is 35.5. The van der Waals surface area contributed by atoms with Crippen LogP contribution in [0.2, 0.25) is 5.02 Å². The molecule has 0 fully saturated rings. The monoisotopic (exact) mass is 404 g/mol. The molecule has 0 spiro atoms. The van der Waals surface area contributed by atoms with Crippen LogP contribution in [0.5, 0.6) is 5.75 Å². The number of nitrogens with two attached hydrogens (primary N) is 1. The number of primary amides is 1. The standard InChI is InChI=1S/C20H21ClN2O5/c1-12(18(25)23-15-8-4-13(5-9-15)17(22)24)27-19(26)20(2,3)28-16-10-6-14(21)7-11-16/h4-12H,1-3H3,(H2,22,24)(H,23,25)/t12-/m0/s1. The molecule has 7 nitrogen and oxygen atoms in total. The van der Waals surface area contributed by atoms with Gasteiger partial charge in [-0.1, -0.05) is 11.6 Å². The van der Waals surface area contributed by atoms with Gasteiger partial charge in [-0.15, -0.1) is 0 Å². The lowest BCUT2D eigenvalue weighted by Gasteiger charge is -2.26. The molecule has 2 aromatic carbocycles. The molecule has 0 aliphatic heterocycles. The lowest BCUT2D eigenvalue weighted by atomic mass is 10.1. The first-order valence-electron chi connectivity index (χ1n) is 8.45. The number of halogens is 1. The van der Waals surface area contributed by atoms with Crippen LogP contribution in [0.15, 0.2) is 48.5 Å². The fourth-order valence-corrected chi connectivity index (χ4v) is 2.28. The minimum absolute atomic E-state index is 0.318. The summed E-state index contributed by atoms with van der Waals surface area (Å²) in [5, 5.41) is 3.14. The minimum Gasteiger partial charge on any atom is -0.476 e. The summed E-state index contributed by atoms with van der Waals surface area (Å²) < 4.78 is 10.9. The van der Waals surface area contributed by atoms with Gasteiger partial charge in [-0.2, -0.15) is 0 Å². The second-order valence-electron chi connectivity index (χ2n) is 6.54. The number of esters is 1. The first-order valence-corrected chi connectivity index (χ1v) is 8.82. The van der Waals surface area contributed by atoms with E-state index >= 15 is 0 Å². The van der Waals surface area contributed by atoms with Gasteiger partial charge in [0.2, 0.25) is 5.91 Å². The molecule has 0 unspecified atom stereocenters. The number of nitrogens with one attached hydrogen (secondary N) is 1. The number of carbonyl (C=O) groups is 3. The third kappa shape index (κ3) is 5.72. The van der Waals surface area contributed by atoms with Crippen LogP contribution in [0.25, 0.3) is 0 Å². The second kappa shape index (κ2) is 8.75. The van der Waals surface area contributed by atoms with E-state index in [4.69, 9.17) is 26.8 Å². The Morgan fingerprint density at radius 3 is 2.14 bits per heavy atom. The smallest absolute Gasteiger partial charge is 0.350 e. The van der Waals surface area contributed by atoms with Crippen LogP contribution in [0, 0.1) is 0 Å². The van der Waals surface area contributed by atoms with Gasteiger partial charge >= 0.3 is 5.97 Å². The molecular formula is C20H21ClN2O5. The van der Waals surface area contributed by atoms with Gasteiger partial charge in [-0.05, 0) is 69.3 Å². The van der Waals surface area contributed by atoms with E-state index in [1.165, 1.54) is 45.0 Å². The molecule has 3 N–H and O–H groups in total. The van der Waals surface area contributed by atoms with Crippen molar-refractivity contribution in [1.82, 2.24) is 0 Å². The van der Waals surface area contributed by atoms with Crippen molar-refractivity contribution >= 4 is 35.1 Å². The number of amides is 2. The van der Waals surface area contributed by atoms with Crippen LogP contribution in [-0.4, -0.2) is 29.5 Å². The van der Waals surface area contributed by atoms with E-state index in [1.54, 1.807) is 24.3 Å². The van der Waals surface area contributed by atoms with E-state index in [0.29, 0.717) is 22.0 Å². The Kier molecular flexibility index (Phi) is 6.64. The minimum atomic E-state index is -1.31. The average molecular weight is 405 g/mol. The SMILES string of the molecule is C[C@H](OC(=O)C(C)(C)Oc1ccc(Cl)cc1)C(=O)Nc1ccc(C(N)=O)cc1. The normalized spacial score (nSPS) is 12.0. The van der Waals surface area contributed by atoms with E-state index in [0.717, 1.165) is 0 Å². The number of rotatable bonds is 7. The summed E-state index contributed by atoms with van der Waals surface area (Å²) in [5.41, 5.74) is 4.61. The van der Waals surface area contributed by atoms with Gasteiger partial charge in [0, 0.05) is 16.3 Å². The maximum absolute atomic E-state index is 12.4. The Hall–Kier alpha value is -3.06. The highest BCUT2D eigenvalue weighted by Gasteiger charge is 2.34. The lowest BCUT2D eigenvalue weighted by molar-refractivity contribution is -0.166. The van der Waals surface area contributed by atoms with Crippen molar-refractivity contribution < 1.29 is 23.9 Å². The van der Waals surface area contributed by atoms with Gasteiger partial charge in [0.1, 0.15) is 5.75 Å². The van der Waals surface area contributed by atoms with Gasteiger partial charge in [0.05, 0.1) is 0 Å². The molecule has 1 atom stereocenters. The van der Waals surface area contributed by atoms with Gasteiger partial charge in [-0.3, -0.25) is 9.59 Å². The molecule has 8 heteroatoms. The zero-order chi connectivity index (χ0) is 20.9. The molecule has 0 radical (unpaired) electrons. The molecule has 0 aliphatic rings. The summed E-state index contributed by atoms with van der Waals surface area (Å²) in [6.45, 7) is 4.53. The average Bonchev–Trinajstić information content (AvgIpc) is 2.63. The molecule has 148 valence electrons. The molecule has 2 rings (SSSR count). The van der Waals surface area contributed by atoms with Crippen molar-refractivity contribution in [1.29, 1.82) is 0 Å². The molecule has 0 bridgehead atoms. The van der Waals surface area contributed by atoms with Crippen molar-refractivity contribution in [3.05, 3.63) is 59.1 Å². The van der Waals surface area contributed by atoms with Gasteiger partial charge in [0.15, 0.2) is 11.7 Å². The molecule has 0 aliphatic carbocycles. The molecule has 2 aromatic rings. The number of hydrogen-bond donors (Lipinski definition) is 2. The fraction of sp³-hybridized carbons (Fsp3) is 0.250. The zero-order valence-corrected chi connectivity index (χ0v) is 16.4. The highest BCUT2D eigenvalue weighted by Crippen LogP contribution is 2.22. The van der Waals surface area contributed by atoms with Crippen LogP contribution in [-0.2, 0) is 14.3 Å². The van der Waals surface area contributed by atoms with E-state index in [1.807, 2.05) is 0 Å². The van der Waals surface area contributed by atoms with Crippen LogP contribution < -0.4 is 15.8 Å². The number of benzene rings is 2. The van der Waals surface area contributed by atoms with Crippen LogP contribution in [0.1, 0.15) is 31.1 Å². The molecular weight excluding hydrogens is 384 g/mol. The molecule has 0 saturated heterocycles. The maximum atomic E-state index is 12.4. The lowest BCUT2D eigenvalue weighted by Crippen LogP contribution is -2.43. The predicted molar refractivity (Wildman–Crippen MR) is 105 cm³/mol. The summed E-state index contributed by atoms with van der Waals surface area (Å²) in [4.78, 5) is 35.7. The van der Waals surface area contributed by atoms with Crippen molar-refractivity contribution in [3.8, 4) is 5.75 Å². The number of hydrogen-bond acceptors (Lipinski definition) is 5. The van der Waals surface area contributed by atoms with E-state index in [-0.39, 0.29) is 0 Å². The third-order valence-corrected chi connectivity index (χ3v) is 4.02. The van der Waals surface area contributed by atoms with Crippen molar-refractivity contribution in [2.45, 2.75) is 32.5 Å². The largest absolute Gasteiger partial charge is 0.476 e. The molecule has 2 amide bonds. The molecule has 0 heterocycles. The first-order chi connectivity index (χ1) is 13.1. The van der Waals surface area contributed by atoms with Crippen LogP contribution >= 0.6 is 11.6 Å². The summed E-state index contributed by atoms with van der Waals surface area (Å²) in [6, 6.07) is 12.6. The Morgan fingerprint density at radius 2 is 1.61 bits per heavy atom. The van der Waals surface area contributed by atoms with E-state index < -0.39 is 29.5 Å². The maximum Gasteiger partial charge on any atom is 0.350 e.